The van der Waals surface area contributed by atoms with Crippen molar-refractivity contribution < 1.29 is 23.2 Å². The predicted molar refractivity (Wildman–Crippen MR) is 89.2 cm³/mol. The fraction of sp³-hybridized carbons (Fsp3) is 0.118. The Morgan fingerprint density at radius 1 is 1.16 bits per heavy atom. The molecule has 1 fully saturated rings. The van der Waals surface area contributed by atoms with Gasteiger partial charge in [-0.15, -0.1) is 0 Å². The molecule has 128 valence electrons. The van der Waals surface area contributed by atoms with Crippen LogP contribution in [-0.4, -0.2) is 27.7 Å². The first-order chi connectivity index (χ1) is 11.9. The molecule has 1 saturated heterocycles. The van der Waals surface area contributed by atoms with Crippen LogP contribution in [0.15, 0.2) is 42.5 Å². The lowest BCUT2D eigenvalue weighted by atomic mass is 10.1. The van der Waals surface area contributed by atoms with Gasteiger partial charge in [0.15, 0.2) is 0 Å². The molecule has 0 aromatic heterocycles. The van der Waals surface area contributed by atoms with E-state index >= 15 is 0 Å². The standard InChI is InChI=1S/C17H12F2N2O3S/c18-12-4-5-13(19)14(7-12)20-16(23)11-3-1-2-10(6-11)8-21-15(22)9-25-17(21)24/h1-7H,8-9H2,(H,20,23). The van der Waals surface area contributed by atoms with Gasteiger partial charge in [0, 0.05) is 11.6 Å². The summed E-state index contributed by atoms with van der Waals surface area (Å²) in [4.78, 5) is 36.6. The van der Waals surface area contributed by atoms with Gasteiger partial charge in [-0.2, -0.15) is 0 Å². The summed E-state index contributed by atoms with van der Waals surface area (Å²) in [6.07, 6.45) is 0. The van der Waals surface area contributed by atoms with Crippen molar-refractivity contribution in [1.82, 2.24) is 4.90 Å². The number of nitrogens with zero attached hydrogens (tertiary/aromatic N) is 1. The molecule has 0 unspecified atom stereocenters. The second-order valence-electron chi connectivity index (χ2n) is 5.31. The zero-order valence-electron chi connectivity index (χ0n) is 12.8. The maximum Gasteiger partial charge on any atom is 0.289 e. The molecular weight excluding hydrogens is 350 g/mol. The number of amides is 3. The van der Waals surface area contributed by atoms with E-state index in [1.807, 2.05) is 0 Å². The number of halogens is 2. The topological polar surface area (TPSA) is 66.5 Å². The highest BCUT2D eigenvalue weighted by Crippen LogP contribution is 2.22. The van der Waals surface area contributed by atoms with E-state index < -0.39 is 17.5 Å². The van der Waals surface area contributed by atoms with E-state index in [0.29, 0.717) is 5.56 Å². The number of rotatable bonds is 4. The van der Waals surface area contributed by atoms with Crippen molar-refractivity contribution >= 4 is 34.5 Å². The van der Waals surface area contributed by atoms with Crippen molar-refractivity contribution in [3.8, 4) is 0 Å². The van der Waals surface area contributed by atoms with Crippen LogP contribution in [0.1, 0.15) is 15.9 Å². The smallest absolute Gasteiger partial charge is 0.289 e. The van der Waals surface area contributed by atoms with E-state index in [-0.39, 0.29) is 34.7 Å². The van der Waals surface area contributed by atoms with Gasteiger partial charge in [0.25, 0.3) is 11.1 Å². The lowest BCUT2D eigenvalue weighted by Crippen LogP contribution is -2.28. The average Bonchev–Trinajstić information content (AvgIpc) is 2.90. The summed E-state index contributed by atoms with van der Waals surface area (Å²) in [5.74, 6) is -2.23. The molecule has 0 radical (unpaired) electrons. The minimum atomic E-state index is -0.754. The van der Waals surface area contributed by atoms with Gasteiger partial charge < -0.3 is 5.32 Å². The van der Waals surface area contributed by atoms with Crippen molar-refractivity contribution in [2.75, 3.05) is 11.1 Å². The molecular formula is C17H12F2N2O3S. The van der Waals surface area contributed by atoms with E-state index in [9.17, 15) is 23.2 Å². The number of imide groups is 1. The molecule has 1 aliphatic rings. The number of anilines is 1. The third-order valence-electron chi connectivity index (χ3n) is 3.55. The lowest BCUT2D eigenvalue weighted by molar-refractivity contribution is -0.125. The first kappa shape index (κ1) is 17.1. The number of hydrogen-bond donors (Lipinski definition) is 1. The Kier molecular flexibility index (Phi) is 4.80. The molecule has 2 aromatic carbocycles. The summed E-state index contributed by atoms with van der Waals surface area (Å²) in [5, 5.41) is 1.97. The van der Waals surface area contributed by atoms with E-state index in [1.54, 1.807) is 12.1 Å². The third-order valence-corrected chi connectivity index (χ3v) is 4.41. The first-order valence-electron chi connectivity index (χ1n) is 7.26. The van der Waals surface area contributed by atoms with Gasteiger partial charge >= 0.3 is 0 Å². The SMILES string of the molecule is O=C(Nc1cc(F)ccc1F)c1cccc(CN2C(=O)CSC2=O)c1. The average molecular weight is 362 g/mol. The molecule has 2 aromatic rings. The Morgan fingerprint density at radius 3 is 2.68 bits per heavy atom. The van der Waals surface area contributed by atoms with E-state index in [2.05, 4.69) is 5.32 Å². The van der Waals surface area contributed by atoms with Gasteiger partial charge in [-0.3, -0.25) is 19.3 Å². The highest BCUT2D eigenvalue weighted by Gasteiger charge is 2.29. The fourth-order valence-electron chi connectivity index (χ4n) is 2.32. The Balaban J connectivity index is 1.76. The highest BCUT2D eigenvalue weighted by molar-refractivity contribution is 8.14. The van der Waals surface area contributed by atoms with Crippen LogP contribution in [0.3, 0.4) is 0 Å². The molecule has 3 amide bonds. The second-order valence-corrected chi connectivity index (χ2v) is 6.24. The Labute approximate surface area is 146 Å². The molecule has 0 atom stereocenters. The summed E-state index contributed by atoms with van der Waals surface area (Å²) < 4.78 is 26.8. The van der Waals surface area contributed by atoms with Crippen LogP contribution in [0, 0.1) is 11.6 Å². The van der Waals surface area contributed by atoms with Crippen molar-refractivity contribution in [2.45, 2.75) is 6.54 Å². The van der Waals surface area contributed by atoms with Gasteiger partial charge in [-0.05, 0) is 29.8 Å². The third kappa shape index (κ3) is 3.85. The largest absolute Gasteiger partial charge is 0.319 e. The molecule has 5 nitrogen and oxygen atoms in total. The van der Waals surface area contributed by atoms with Gasteiger partial charge in [-0.1, -0.05) is 23.9 Å². The van der Waals surface area contributed by atoms with Crippen molar-refractivity contribution in [1.29, 1.82) is 0 Å². The highest BCUT2D eigenvalue weighted by atomic mass is 32.2. The van der Waals surface area contributed by atoms with Crippen LogP contribution in [0.2, 0.25) is 0 Å². The van der Waals surface area contributed by atoms with Gasteiger partial charge in [0.05, 0.1) is 18.0 Å². The Bertz CT molecular complexity index is 857. The molecule has 3 rings (SSSR count). The Hall–Kier alpha value is -2.74. The summed E-state index contributed by atoms with van der Waals surface area (Å²) in [6.45, 7) is 0.0557. The molecule has 8 heteroatoms. The number of hydrogen-bond acceptors (Lipinski definition) is 4. The van der Waals surface area contributed by atoms with Crippen molar-refractivity contribution in [3.05, 3.63) is 65.2 Å². The van der Waals surface area contributed by atoms with Crippen LogP contribution >= 0.6 is 11.8 Å². The van der Waals surface area contributed by atoms with E-state index in [0.717, 1.165) is 34.9 Å². The number of thioether (sulfide) groups is 1. The molecule has 0 aliphatic carbocycles. The maximum atomic E-state index is 13.6. The lowest BCUT2D eigenvalue weighted by Gasteiger charge is -2.13. The normalized spacial score (nSPS) is 14.1. The number of carbonyl (C=O) groups is 3. The molecule has 0 saturated carbocycles. The molecule has 25 heavy (non-hydrogen) atoms. The van der Waals surface area contributed by atoms with Crippen molar-refractivity contribution in [3.63, 3.8) is 0 Å². The van der Waals surface area contributed by atoms with Gasteiger partial charge in [0.2, 0.25) is 5.91 Å². The molecule has 0 bridgehead atoms. The molecule has 1 heterocycles. The van der Waals surface area contributed by atoms with Crippen LogP contribution in [-0.2, 0) is 11.3 Å². The zero-order chi connectivity index (χ0) is 18.0. The molecule has 1 N–H and O–H groups in total. The first-order valence-corrected chi connectivity index (χ1v) is 8.25. The second kappa shape index (κ2) is 7.02. The summed E-state index contributed by atoms with van der Waals surface area (Å²) in [7, 11) is 0. The number of benzene rings is 2. The predicted octanol–water partition coefficient (Wildman–Crippen LogP) is 3.41. The molecule has 0 spiro atoms. The Morgan fingerprint density at radius 2 is 1.96 bits per heavy atom. The van der Waals surface area contributed by atoms with Gasteiger partial charge in [0.1, 0.15) is 11.6 Å². The molecule has 1 aliphatic heterocycles. The number of nitrogens with one attached hydrogen (secondary N) is 1. The van der Waals surface area contributed by atoms with Gasteiger partial charge in [-0.25, -0.2) is 8.78 Å². The van der Waals surface area contributed by atoms with Crippen LogP contribution < -0.4 is 5.32 Å². The van der Waals surface area contributed by atoms with Crippen LogP contribution in [0.4, 0.5) is 19.3 Å². The summed E-state index contributed by atoms with van der Waals surface area (Å²) in [6, 6.07) is 9.01. The van der Waals surface area contributed by atoms with Crippen LogP contribution in [0.25, 0.3) is 0 Å². The summed E-state index contributed by atoms with van der Waals surface area (Å²) >= 11 is 0.929. The zero-order valence-corrected chi connectivity index (χ0v) is 13.6. The van der Waals surface area contributed by atoms with Crippen molar-refractivity contribution in [2.24, 2.45) is 0 Å². The summed E-state index contributed by atoms with van der Waals surface area (Å²) in [5.41, 5.74) is 0.515. The number of carbonyl (C=O) groups excluding carboxylic acids is 3. The van der Waals surface area contributed by atoms with E-state index in [4.69, 9.17) is 0 Å². The fourth-order valence-corrected chi connectivity index (χ4v) is 3.04. The van der Waals surface area contributed by atoms with E-state index in [1.165, 1.54) is 12.1 Å². The minimum Gasteiger partial charge on any atom is -0.319 e. The quantitative estimate of drug-likeness (QED) is 0.905. The maximum absolute atomic E-state index is 13.6. The monoisotopic (exact) mass is 362 g/mol. The minimum absolute atomic E-state index is 0.0557. The van der Waals surface area contributed by atoms with Crippen LogP contribution in [0.5, 0.6) is 0 Å².